The van der Waals surface area contributed by atoms with Gasteiger partial charge in [0.25, 0.3) is 11.7 Å². The molecule has 30 heavy (non-hydrogen) atoms. The lowest BCUT2D eigenvalue weighted by molar-refractivity contribution is -0.132. The Hall–Kier alpha value is -2.74. The summed E-state index contributed by atoms with van der Waals surface area (Å²) < 4.78 is 27.9. The van der Waals surface area contributed by atoms with Crippen molar-refractivity contribution in [2.75, 3.05) is 4.90 Å². The van der Waals surface area contributed by atoms with E-state index in [1.165, 1.54) is 29.5 Å². The number of benzene rings is 2. The van der Waals surface area contributed by atoms with Gasteiger partial charge in [0.05, 0.1) is 21.3 Å². The second-order valence-electron chi connectivity index (χ2n) is 6.41. The smallest absolute Gasteiger partial charge is 0.300 e. The number of hydrogen-bond acceptors (Lipinski definition) is 4. The van der Waals surface area contributed by atoms with Crippen molar-refractivity contribution < 1.29 is 23.5 Å². The average molecular weight is 466 g/mol. The van der Waals surface area contributed by atoms with Gasteiger partial charge in [0.2, 0.25) is 0 Å². The van der Waals surface area contributed by atoms with Crippen molar-refractivity contribution in [1.29, 1.82) is 0 Å². The summed E-state index contributed by atoms with van der Waals surface area (Å²) in [7, 11) is 0. The number of ketones is 1. The Kier molecular flexibility index (Phi) is 5.36. The van der Waals surface area contributed by atoms with Gasteiger partial charge in [-0.1, -0.05) is 29.3 Å². The molecule has 4 rings (SSSR count). The highest BCUT2D eigenvalue weighted by Gasteiger charge is 2.48. The van der Waals surface area contributed by atoms with Crippen LogP contribution in [0.3, 0.4) is 0 Å². The van der Waals surface area contributed by atoms with Gasteiger partial charge in [0.1, 0.15) is 23.4 Å². The summed E-state index contributed by atoms with van der Waals surface area (Å²) >= 11 is 13.1. The molecule has 1 fully saturated rings. The van der Waals surface area contributed by atoms with Crippen molar-refractivity contribution in [1.82, 2.24) is 0 Å². The molecular weight excluding hydrogens is 455 g/mol. The van der Waals surface area contributed by atoms with Crippen LogP contribution in [-0.2, 0) is 9.59 Å². The van der Waals surface area contributed by atoms with Crippen LogP contribution in [0.5, 0.6) is 0 Å². The molecule has 0 bridgehead atoms. The third-order valence-electron chi connectivity index (χ3n) is 4.62. The average Bonchev–Trinajstić information content (AvgIpc) is 3.31. The summed E-state index contributed by atoms with van der Waals surface area (Å²) in [5.41, 5.74) is -0.335. The third-order valence-corrected chi connectivity index (χ3v) is 6.28. The van der Waals surface area contributed by atoms with Gasteiger partial charge in [-0.2, -0.15) is 0 Å². The molecule has 4 nitrogen and oxygen atoms in total. The van der Waals surface area contributed by atoms with Crippen LogP contribution in [0.2, 0.25) is 10.0 Å². The number of rotatable bonds is 3. The van der Waals surface area contributed by atoms with Crippen LogP contribution in [0.15, 0.2) is 59.5 Å². The van der Waals surface area contributed by atoms with E-state index in [0.29, 0.717) is 10.9 Å². The lowest BCUT2D eigenvalue weighted by Gasteiger charge is -2.24. The first kappa shape index (κ1) is 20.5. The van der Waals surface area contributed by atoms with E-state index in [4.69, 9.17) is 23.2 Å². The minimum Gasteiger partial charge on any atom is -0.507 e. The van der Waals surface area contributed by atoms with E-state index in [-0.39, 0.29) is 26.9 Å². The maximum absolute atomic E-state index is 14.5. The third kappa shape index (κ3) is 3.39. The molecule has 1 aliphatic rings. The van der Waals surface area contributed by atoms with Crippen molar-refractivity contribution in [3.05, 3.63) is 91.6 Å². The zero-order chi connectivity index (χ0) is 21.6. The number of aliphatic hydroxyl groups is 1. The van der Waals surface area contributed by atoms with Crippen LogP contribution < -0.4 is 4.90 Å². The van der Waals surface area contributed by atoms with Crippen molar-refractivity contribution in [2.45, 2.75) is 6.04 Å². The quantitative estimate of drug-likeness (QED) is 0.295. The van der Waals surface area contributed by atoms with Crippen molar-refractivity contribution >= 4 is 57.7 Å². The predicted octanol–water partition coefficient (Wildman–Crippen LogP) is 5.96. The van der Waals surface area contributed by atoms with Crippen LogP contribution in [0.4, 0.5) is 14.5 Å². The van der Waals surface area contributed by atoms with E-state index in [9.17, 15) is 23.5 Å². The fourth-order valence-electron chi connectivity index (χ4n) is 3.27. The molecule has 1 atom stereocenters. The lowest BCUT2D eigenvalue weighted by atomic mass is 9.99. The van der Waals surface area contributed by atoms with Gasteiger partial charge < -0.3 is 5.11 Å². The number of Topliss-reactive ketones (excluding diaryl/α,β-unsaturated/α-hetero) is 1. The molecule has 0 radical (unpaired) electrons. The Bertz CT molecular complexity index is 1210. The predicted molar refractivity (Wildman–Crippen MR) is 112 cm³/mol. The first-order valence-corrected chi connectivity index (χ1v) is 10.2. The fourth-order valence-corrected chi connectivity index (χ4v) is 4.39. The Morgan fingerprint density at radius 3 is 2.43 bits per heavy atom. The second kappa shape index (κ2) is 7.83. The number of carbonyl (C=O) groups excluding carboxylic acids is 2. The number of carbonyl (C=O) groups is 2. The van der Waals surface area contributed by atoms with Crippen molar-refractivity contribution in [2.24, 2.45) is 0 Å². The summed E-state index contributed by atoms with van der Waals surface area (Å²) in [6, 6.07) is 9.18. The molecule has 1 aromatic heterocycles. The van der Waals surface area contributed by atoms with Gasteiger partial charge in [-0.05, 0) is 41.8 Å². The van der Waals surface area contributed by atoms with E-state index in [1.54, 1.807) is 17.5 Å². The number of anilines is 1. The molecule has 9 heteroatoms. The van der Waals surface area contributed by atoms with Gasteiger partial charge >= 0.3 is 0 Å². The van der Waals surface area contributed by atoms with E-state index >= 15 is 0 Å². The van der Waals surface area contributed by atoms with Crippen molar-refractivity contribution in [3.8, 4) is 0 Å². The van der Waals surface area contributed by atoms with Crippen LogP contribution in [-0.4, -0.2) is 16.8 Å². The maximum Gasteiger partial charge on any atom is 0.300 e. The zero-order valence-electron chi connectivity index (χ0n) is 14.9. The van der Waals surface area contributed by atoms with Gasteiger partial charge in [-0.15, -0.1) is 11.3 Å². The molecule has 3 aromatic rings. The fraction of sp³-hybridized carbons (Fsp3) is 0.0476. The summed E-state index contributed by atoms with van der Waals surface area (Å²) in [6.07, 6.45) is 0. The molecule has 0 aliphatic carbocycles. The van der Waals surface area contributed by atoms with E-state index in [0.717, 1.165) is 17.0 Å². The van der Waals surface area contributed by atoms with Crippen molar-refractivity contribution in [3.63, 3.8) is 0 Å². The minimum absolute atomic E-state index is 0.146. The van der Waals surface area contributed by atoms with Crippen LogP contribution in [0.25, 0.3) is 5.76 Å². The Labute approximate surface area is 183 Å². The molecule has 0 spiro atoms. The molecule has 1 unspecified atom stereocenters. The largest absolute Gasteiger partial charge is 0.507 e. The topological polar surface area (TPSA) is 57.6 Å². The first-order valence-electron chi connectivity index (χ1n) is 8.54. The normalized spacial score (nSPS) is 18.3. The highest BCUT2D eigenvalue weighted by molar-refractivity contribution is 7.10. The van der Waals surface area contributed by atoms with Crippen LogP contribution >= 0.6 is 34.5 Å². The molecule has 1 saturated heterocycles. The van der Waals surface area contributed by atoms with Gasteiger partial charge in [0.15, 0.2) is 0 Å². The molecule has 0 saturated carbocycles. The number of halogens is 4. The van der Waals surface area contributed by atoms with Gasteiger partial charge in [-0.25, -0.2) is 8.78 Å². The molecular formula is C21H11Cl2F2NO3S. The summed E-state index contributed by atoms with van der Waals surface area (Å²) in [6.45, 7) is 0. The number of amides is 1. The SMILES string of the molecule is O=C1C(=O)N(c2ccc(F)cc2F)C(c2cccs2)/C1=C(/O)c1ccc(Cl)c(Cl)c1. The zero-order valence-corrected chi connectivity index (χ0v) is 17.2. The summed E-state index contributed by atoms with van der Waals surface area (Å²) in [4.78, 5) is 27.2. The van der Waals surface area contributed by atoms with Gasteiger partial charge in [-0.3, -0.25) is 14.5 Å². The molecule has 1 amide bonds. The number of nitrogens with zero attached hydrogens (tertiary/aromatic N) is 1. The molecule has 2 heterocycles. The Balaban J connectivity index is 1.95. The monoisotopic (exact) mass is 465 g/mol. The summed E-state index contributed by atoms with van der Waals surface area (Å²) in [5.74, 6) is -4.35. The second-order valence-corrected chi connectivity index (χ2v) is 8.20. The van der Waals surface area contributed by atoms with E-state index in [2.05, 4.69) is 0 Å². The van der Waals surface area contributed by atoms with E-state index in [1.807, 2.05) is 0 Å². The van der Waals surface area contributed by atoms with Crippen LogP contribution in [0.1, 0.15) is 16.5 Å². The standard InChI is InChI=1S/C21H11Cl2F2NO3S/c22-12-5-3-10(8-13(12)23)19(27)17-18(16-2-1-7-30-16)26(21(29)20(17)28)15-6-4-11(24)9-14(15)25/h1-9,18,27H/b19-17-. The highest BCUT2D eigenvalue weighted by Crippen LogP contribution is 2.44. The van der Waals surface area contributed by atoms with Gasteiger partial charge in [0, 0.05) is 16.5 Å². The molecule has 1 N–H and O–H groups in total. The maximum atomic E-state index is 14.5. The number of aliphatic hydroxyl groups excluding tert-OH is 1. The molecule has 1 aliphatic heterocycles. The first-order chi connectivity index (χ1) is 14.3. The lowest BCUT2D eigenvalue weighted by Crippen LogP contribution is -2.30. The Morgan fingerprint density at radius 1 is 1.03 bits per heavy atom. The van der Waals surface area contributed by atoms with Crippen LogP contribution in [0, 0.1) is 11.6 Å². The summed E-state index contributed by atoms with van der Waals surface area (Å²) in [5, 5.41) is 13.0. The highest BCUT2D eigenvalue weighted by atomic mass is 35.5. The minimum atomic E-state index is -1.10. The number of hydrogen-bond donors (Lipinski definition) is 1. The Morgan fingerprint density at radius 2 is 1.80 bits per heavy atom. The molecule has 2 aromatic carbocycles. The van der Waals surface area contributed by atoms with E-state index < -0.39 is 35.1 Å². The number of thiophene rings is 1. The molecule has 152 valence electrons.